The number of pyridine rings is 1. The Morgan fingerprint density at radius 3 is 2.28 bits per heavy atom. The molecule has 4 rings (SSSR count). The van der Waals surface area contributed by atoms with Gasteiger partial charge in [0.25, 0.3) is 5.91 Å². The maximum Gasteiger partial charge on any atom is 0.255 e. The van der Waals surface area contributed by atoms with Crippen LogP contribution in [-0.2, 0) is 4.79 Å². The van der Waals surface area contributed by atoms with Crippen molar-refractivity contribution in [2.45, 2.75) is 6.92 Å². The minimum absolute atomic E-state index is 0.120. The molecule has 0 aliphatic carbocycles. The monoisotopic (exact) mass is 424 g/mol. The van der Waals surface area contributed by atoms with Gasteiger partial charge in [0, 0.05) is 53.7 Å². The Labute approximate surface area is 184 Å². The fourth-order valence-electron chi connectivity index (χ4n) is 3.02. The van der Waals surface area contributed by atoms with Gasteiger partial charge in [-0.25, -0.2) is 9.97 Å². The van der Waals surface area contributed by atoms with Crippen LogP contribution in [0.4, 0.5) is 23.0 Å². The molecule has 2 amide bonds. The lowest BCUT2D eigenvalue weighted by atomic mass is 10.1. The van der Waals surface area contributed by atoms with E-state index in [1.54, 1.807) is 42.9 Å². The van der Waals surface area contributed by atoms with Crippen molar-refractivity contribution < 1.29 is 9.59 Å². The Kier molecular flexibility index (Phi) is 6.12. The lowest BCUT2D eigenvalue weighted by Gasteiger charge is -2.10. The van der Waals surface area contributed by atoms with Crippen molar-refractivity contribution in [1.82, 2.24) is 15.0 Å². The molecule has 0 saturated heterocycles. The van der Waals surface area contributed by atoms with Gasteiger partial charge in [0.15, 0.2) is 0 Å². The smallest absolute Gasteiger partial charge is 0.255 e. The Hall–Kier alpha value is -4.59. The summed E-state index contributed by atoms with van der Waals surface area (Å²) in [6.45, 7) is 1.47. The first-order chi connectivity index (χ1) is 15.6. The molecular weight excluding hydrogens is 404 g/mol. The van der Waals surface area contributed by atoms with E-state index >= 15 is 0 Å². The van der Waals surface area contributed by atoms with E-state index in [0.717, 1.165) is 22.6 Å². The van der Waals surface area contributed by atoms with Gasteiger partial charge in [0.2, 0.25) is 11.9 Å². The number of nitrogens with one attached hydrogen (secondary N) is 3. The summed E-state index contributed by atoms with van der Waals surface area (Å²) in [4.78, 5) is 36.3. The molecule has 8 nitrogen and oxygen atoms in total. The largest absolute Gasteiger partial charge is 0.326 e. The number of hydrogen-bond donors (Lipinski definition) is 3. The highest BCUT2D eigenvalue weighted by Gasteiger charge is 2.07. The second-order valence-electron chi connectivity index (χ2n) is 6.92. The van der Waals surface area contributed by atoms with Crippen molar-refractivity contribution in [2.24, 2.45) is 0 Å². The number of amides is 2. The van der Waals surface area contributed by atoms with Crippen molar-refractivity contribution in [2.75, 3.05) is 16.0 Å². The van der Waals surface area contributed by atoms with Gasteiger partial charge in [0.1, 0.15) is 0 Å². The average molecular weight is 424 g/mol. The van der Waals surface area contributed by atoms with Gasteiger partial charge >= 0.3 is 0 Å². The van der Waals surface area contributed by atoms with Crippen LogP contribution in [0, 0.1) is 0 Å². The summed E-state index contributed by atoms with van der Waals surface area (Å²) in [7, 11) is 0. The zero-order valence-electron chi connectivity index (χ0n) is 17.2. The van der Waals surface area contributed by atoms with Crippen LogP contribution < -0.4 is 16.0 Å². The number of aromatic nitrogens is 3. The van der Waals surface area contributed by atoms with Crippen LogP contribution in [0.1, 0.15) is 17.3 Å². The third kappa shape index (κ3) is 5.31. The number of rotatable bonds is 6. The first kappa shape index (κ1) is 20.7. The van der Waals surface area contributed by atoms with Gasteiger partial charge in [-0.05, 0) is 48.5 Å². The Balaban J connectivity index is 1.47. The number of carbonyl (C=O) groups excluding carboxylic acids is 2. The Morgan fingerprint density at radius 2 is 1.53 bits per heavy atom. The van der Waals surface area contributed by atoms with Crippen LogP contribution in [0.25, 0.3) is 11.3 Å². The van der Waals surface area contributed by atoms with E-state index < -0.39 is 0 Å². The standard InChI is InChI=1S/C24H20N6O2/c1-16(31)27-19-7-5-17(6-8-19)22-11-14-26-24(30-22)29-21-4-2-3-20(15-21)28-23(32)18-9-12-25-13-10-18/h2-15H,1H3,(H,27,31)(H,28,32)(H,26,29,30). The number of anilines is 4. The number of nitrogens with zero attached hydrogens (tertiary/aromatic N) is 3. The van der Waals surface area contributed by atoms with Crippen LogP contribution in [-0.4, -0.2) is 26.8 Å². The van der Waals surface area contributed by atoms with E-state index in [-0.39, 0.29) is 11.8 Å². The average Bonchev–Trinajstić information content (AvgIpc) is 2.80. The molecule has 2 heterocycles. The summed E-state index contributed by atoms with van der Waals surface area (Å²) in [6, 6.07) is 19.8. The summed E-state index contributed by atoms with van der Waals surface area (Å²) in [6.07, 6.45) is 4.82. The van der Waals surface area contributed by atoms with E-state index in [0.29, 0.717) is 17.2 Å². The molecule has 2 aromatic heterocycles. The SMILES string of the molecule is CC(=O)Nc1ccc(-c2ccnc(Nc3cccc(NC(=O)c4ccncc4)c3)n2)cc1. The highest BCUT2D eigenvalue weighted by molar-refractivity contribution is 6.04. The predicted molar refractivity (Wildman–Crippen MR) is 124 cm³/mol. The molecule has 0 radical (unpaired) electrons. The molecule has 0 unspecified atom stereocenters. The van der Waals surface area contributed by atoms with Crippen molar-refractivity contribution >= 4 is 34.8 Å². The molecule has 4 aromatic rings. The molecule has 0 spiro atoms. The van der Waals surface area contributed by atoms with Crippen LogP contribution in [0.15, 0.2) is 85.3 Å². The van der Waals surface area contributed by atoms with Gasteiger partial charge in [-0.3, -0.25) is 14.6 Å². The van der Waals surface area contributed by atoms with Gasteiger partial charge in [-0.2, -0.15) is 0 Å². The molecule has 158 valence electrons. The quantitative estimate of drug-likeness (QED) is 0.421. The highest BCUT2D eigenvalue weighted by atomic mass is 16.2. The normalized spacial score (nSPS) is 10.3. The van der Waals surface area contributed by atoms with E-state index in [1.165, 1.54) is 6.92 Å². The van der Waals surface area contributed by atoms with Crippen LogP contribution >= 0.6 is 0 Å². The number of carbonyl (C=O) groups is 2. The van der Waals surface area contributed by atoms with Gasteiger partial charge < -0.3 is 16.0 Å². The van der Waals surface area contributed by atoms with Gasteiger partial charge in [-0.1, -0.05) is 18.2 Å². The molecule has 2 aromatic carbocycles. The molecular formula is C24H20N6O2. The lowest BCUT2D eigenvalue weighted by molar-refractivity contribution is -0.114. The van der Waals surface area contributed by atoms with E-state index in [1.807, 2.05) is 42.5 Å². The zero-order valence-corrected chi connectivity index (χ0v) is 17.2. The third-order valence-electron chi connectivity index (χ3n) is 4.48. The van der Waals surface area contributed by atoms with Gasteiger partial charge in [0.05, 0.1) is 5.69 Å². The second kappa shape index (κ2) is 9.48. The maximum absolute atomic E-state index is 12.4. The topological polar surface area (TPSA) is 109 Å². The molecule has 0 aliphatic rings. The van der Waals surface area contributed by atoms with Gasteiger partial charge in [-0.15, -0.1) is 0 Å². The lowest BCUT2D eigenvalue weighted by Crippen LogP contribution is -2.11. The van der Waals surface area contributed by atoms with Crippen molar-refractivity contribution in [3.05, 3.63) is 90.9 Å². The molecule has 32 heavy (non-hydrogen) atoms. The molecule has 0 bridgehead atoms. The molecule has 0 atom stereocenters. The zero-order chi connectivity index (χ0) is 22.3. The molecule has 0 fully saturated rings. The summed E-state index contributed by atoms with van der Waals surface area (Å²) in [5.41, 5.74) is 4.25. The number of hydrogen-bond acceptors (Lipinski definition) is 6. The highest BCUT2D eigenvalue weighted by Crippen LogP contribution is 2.23. The van der Waals surface area contributed by atoms with Crippen molar-refractivity contribution in [1.29, 1.82) is 0 Å². The summed E-state index contributed by atoms with van der Waals surface area (Å²) >= 11 is 0. The van der Waals surface area contributed by atoms with Crippen molar-refractivity contribution in [3.8, 4) is 11.3 Å². The molecule has 8 heteroatoms. The minimum atomic E-state index is -0.217. The third-order valence-corrected chi connectivity index (χ3v) is 4.48. The first-order valence-corrected chi connectivity index (χ1v) is 9.86. The van der Waals surface area contributed by atoms with E-state index in [9.17, 15) is 9.59 Å². The fourth-order valence-corrected chi connectivity index (χ4v) is 3.02. The Morgan fingerprint density at radius 1 is 0.781 bits per heavy atom. The molecule has 0 aliphatic heterocycles. The summed E-state index contributed by atoms with van der Waals surface area (Å²) < 4.78 is 0. The number of benzene rings is 2. The maximum atomic E-state index is 12.4. The van der Waals surface area contributed by atoms with Crippen LogP contribution in [0.3, 0.4) is 0 Å². The first-order valence-electron chi connectivity index (χ1n) is 9.86. The van der Waals surface area contributed by atoms with Crippen LogP contribution in [0.5, 0.6) is 0 Å². The van der Waals surface area contributed by atoms with Crippen LogP contribution in [0.2, 0.25) is 0 Å². The minimum Gasteiger partial charge on any atom is -0.326 e. The van der Waals surface area contributed by atoms with Crippen molar-refractivity contribution in [3.63, 3.8) is 0 Å². The summed E-state index contributed by atoms with van der Waals surface area (Å²) in [5, 5.41) is 8.77. The predicted octanol–water partition coefficient (Wildman–Crippen LogP) is 4.49. The fraction of sp³-hybridized carbons (Fsp3) is 0.0417. The van der Waals surface area contributed by atoms with E-state index in [2.05, 4.69) is 30.9 Å². The molecule has 3 N–H and O–H groups in total. The Bertz CT molecular complexity index is 1240. The van der Waals surface area contributed by atoms with E-state index in [4.69, 9.17) is 0 Å². The second-order valence-corrected chi connectivity index (χ2v) is 6.92. The molecule has 0 saturated carbocycles. The summed E-state index contributed by atoms with van der Waals surface area (Å²) in [5.74, 6) is 0.0852.